The number of hydrazine groups is 1. The van der Waals surface area contributed by atoms with Crippen molar-refractivity contribution in [3.05, 3.63) is 63.6 Å². The van der Waals surface area contributed by atoms with Gasteiger partial charge in [0.2, 0.25) is 5.91 Å². The number of amides is 1. The number of guanidine groups is 1. The van der Waals surface area contributed by atoms with Crippen molar-refractivity contribution in [2.75, 3.05) is 12.8 Å². The van der Waals surface area contributed by atoms with Crippen LogP contribution in [0.1, 0.15) is 35.2 Å². The second-order valence-electron chi connectivity index (χ2n) is 8.08. The number of nitrogens with one attached hydrogen (secondary N) is 3. The van der Waals surface area contributed by atoms with Gasteiger partial charge in [0.1, 0.15) is 6.04 Å². The molecule has 37 heavy (non-hydrogen) atoms. The lowest BCUT2D eigenvalue weighted by molar-refractivity contribution is -0.153. The minimum Gasteiger partial charge on any atom is -0.480 e. The summed E-state index contributed by atoms with van der Waals surface area (Å²) in [4.78, 5) is 38.1. The van der Waals surface area contributed by atoms with Crippen LogP contribution in [0.4, 0.5) is 0 Å². The maximum Gasteiger partial charge on any atom is 0.328 e. The number of carboxylic acid groups (broad SMARTS) is 1. The Morgan fingerprint density at radius 3 is 2.30 bits per heavy atom. The zero-order valence-electron chi connectivity index (χ0n) is 19.8. The van der Waals surface area contributed by atoms with E-state index in [0.717, 1.165) is 11.3 Å². The van der Waals surface area contributed by atoms with Crippen LogP contribution in [-0.2, 0) is 26.0 Å². The molecule has 2 rings (SSSR count). The number of hydrogen-bond acceptors (Lipinski definition) is 7. The minimum atomic E-state index is -3.40. The highest BCUT2D eigenvalue weighted by molar-refractivity contribution is 7.90. The molecular formula is C23H27Cl2N5O6S. The highest BCUT2D eigenvalue weighted by Crippen LogP contribution is 2.23. The highest BCUT2D eigenvalue weighted by Gasteiger charge is 2.31. The predicted octanol–water partition coefficient (Wildman–Crippen LogP) is 2.22. The van der Waals surface area contributed by atoms with Gasteiger partial charge in [-0.2, -0.15) is 0 Å². The van der Waals surface area contributed by atoms with Crippen molar-refractivity contribution in [2.45, 2.75) is 36.7 Å². The third-order valence-corrected chi connectivity index (χ3v) is 7.06. The summed E-state index contributed by atoms with van der Waals surface area (Å²) in [7, 11) is -3.40. The van der Waals surface area contributed by atoms with Crippen molar-refractivity contribution in [3.63, 3.8) is 0 Å². The number of carboxylic acids is 1. The lowest BCUT2D eigenvalue weighted by Crippen LogP contribution is -2.53. The van der Waals surface area contributed by atoms with Crippen LogP contribution in [0, 0.1) is 5.41 Å². The fourth-order valence-corrected chi connectivity index (χ4v) is 4.21. The first-order valence-corrected chi connectivity index (χ1v) is 13.6. The van der Waals surface area contributed by atoms with Gasteiger partial charge in [-0.1, -0.05) is 35.3 Å². The molecule has 0 unspecified atom stereocenters. The van der Waals surface area contributed by atoms with Crippen LogP contribution < -0.4 is 16.5 Å². The monoisotopic (exact) mass is 571 g/mol. The van der Waals surface area contributed by atoms with Crippen LogP contribution in [0.5, 0.6) is 0 Å². The van der Waals surface area contributed by atoms with Crippen molar-refractivity contribution in [1.29, 1.82) is 5.41 Å². The summed E-state index contributed by atoms with van der Waals surface area (Å²) in [6.07, 6.45) is 0.672. The number of halogens is 2. The molecule has 0 bridgehead atoms. The van der Waals surface area contributed by atoms with Crippen molar-refractivity contribution in [1.82, 2.24) is 15.8 Å². The molecule has 14 heteroatoms. The number of carbonyl (C=O) groups excluding carboxylic acids is 2. The van der Waals surface area contributed by atoms with Crippen LogP contribution in [0.25, 0.3) is 0 Å². The Balaban J connectivity index is 2.24. The van der Waals surface area contributed by atoms with E-state index in [4.69, 9.17) is 34.3 Å². The summed E-state index contributed by atoms with van der Waals surface area (Å²) >= 11 is 11.8. The topological polar surface area (TPSA) is 183 Å². The van der Waals surface area contributed by atoms with E-state index in [1.165, 1.54) is 42.5 Å². The molecule has 0 aliphatic rings. The standard InChI is InChI=1S/C23H27Cl2N5O6S/c1-37(35,36)16-7-4-14(5-8-16)13-29-30(19(22(33)34)3-2-10-28-23(26)27)21(32)12-20(31)15-6-9-17(24)18(25)11-15/h4-9,11,19,29H,2-3,10,12-13H2,1H3,(H,33,34)(H4,26,27,28)/t19-/m0/s1. The minimum absolute atomic E-state index is 0.0116. The van der Waals surface area contributed by atoms with Crippen LogP contribution in [0.2, 0.25) is 10.0 Å². The molecule has 0 aromatic heterocycles. The van der Waals surface area contributed by atoms with Gasteiger partial charge >= 0.3 is 5.97 Å². The van der Waals surface area contributed by atoms with Gasteiger partial charge in [0, 0.05) is 24.9 Å². The number of nitrogens with two attached hydrogens (primary N) is 1. The molecule has 2 aromatic rings. The summed E-state index contributed by atoms with van der Waals surface area (Å²) in [5.41, 5.74) is 8.72. The largest absolute Gasteiger partial charge is 0.480 e. The Labute approximate surface area is 224 Å². The van der Waals surface area contributed by atoms with Crippen molar-refractivity contribution < 1.29 is 27.9 Å². The number of Topliss-reactive ketones (excluding diaryl/α,β-unsaturated/α-hetero) is 1. The van der Waals surface area contributed by atoms with E-state index in [1.807, 2.05) is 0 Å². The molecule has 0 aliphatic heterocycles. The quantitative estimate of drug-likeness (QED) is 0.0600. The lowest BCUT2D eigenvalue weighted by Gasteiger charge is -2.29. The molecule has 1 amide bonds. The summed E-state index contributed by atoms with van der Waals surface area (Å²) in [5, 5.41) is 20.9. The molecule has 0 aliphatic carbocycles. The van der Waals surface area contributed by atoms with Gasteiger partial charge in [0.25, 0.3) is 0 Å². The molecule has 11 nitrogen and oxygen atoms in total. The van der Waals surface area contributed by atoms with Gasteiger partial charge in [-0.05, 0) is 48.7 Å². The Hall–Kier alpha value is -3.19. The summed E-state index contributed by atoms with van der Waals surface area (Å²) in [6, 6.07) is 8.65. The summed E-state index contributed by atoms with van der Waals surface area (Å²) in [6.45, 7) is 0.183. The number of ketones is 1. The van der Waals surface area contributed by atoms with E-state index in [1.54, 1.807) is 0 Å². The fourth-order valence-electron chi connectivity index (χ4n) is 3.28. The zero-order valence-corrected chi connectivity index (χ0v) is 22.2. The van der Waals surface area contributed by atoms with Gasteiger partial charge < -0.3 is 16.2 Å². The Bertz CT molecular complexity index is 1270. The van der Waals surface area contributed by atoms with Gasteiger partial charge in [0.05, 0.1) is 21.4 Å². The van der Waals surface area contributed by atoms with Crippen molar-refractivity contribution in [2.24, 2.45) is 5.73 Å². The normalized spacial score (nSPS) is 12.0. The van der Waals surface area contributed by atoms with Crippen LogP contribution in [0.15, 0.2) is 47.4 Å². The number of nitrogens with zero attached hydrogens (tertiary/aromatic N) is 1. The molecule has 0 radical (unpaired) electrons. The SMILES string of the molecule is CS(=O)(=O)c1ccc(CNN(C(=O)CC(=O)c2ccc(Cl)c(Cl)c2)[C@@H](CCCNC(=N)N)C(=O)O)cc1. The molecule has 0 heterocycles. The third-order valence-electron chi connectivity index (χ3n) is 5.19. The van der Waals surface area contributed by atoms with Crippen molar-refractivity contribution in [3.8, 4) is 0 Å². The average molecular weight is 572 g/mol. The predicted molar refractivity (Wildman–Crippen MR) is 139 cm³/mol. The third kappa shape index (κ3) is 9.32. The van der Waals surface area contributed by atoms with Gasteiger partial charge in [-0.15, -0.1) is 0 Å². The molecule has 2 aromatic carbocycles. The molecule has 0 saturated heterocycles. The number of benzene rings is 2. The number of carbonyl (C=O) groups is 3. The molecule has 0 spiro atoms. The zero-order chi connectivity index (χ0) is 27.8. The van der Waals surface area contributed by atoms with E-state index < -0.39 is 40.0 Å². The van der Waals surface area contributed by atoms with Gasteiger partial charge in [-0.25, -0.2) is 18.6 Å². The first-order valence-electron chi connectivity index (χ1n) is 10.9. The molecular weight excluding hydrogens is 545 g/mol. The molecule has 0 saturated carbocycles. The Morgan fingerprint density at radius 1 is 1.11 bits per heavy atom. The van der Waals surface area contributed by atoms with Crippen LogP contribution in [-0.4, -0.2) is 61.0 Å². The Morgan fingerprint density at radius 2 is 1.76 bits per heavy atom. The maximum absolute atomic E-state index is 13.1. The molecule has 6 N–H and O–H groups in total. The van der Waals surface area contributed by atoms with E-state index in [2.05, 4.69) is 10.7 Å². The molecule has 1 atom stereocenters. The van der Waals surface area contributed by atoms with Crippen LogP contribution >= 0.6 is 23.2 Å². The molecule has 200 valence electrons. The second-order valence-corrected chi connectivity index (χ2v) is 10.9. The first-order chi connectivity index (χ1) is 17.3. The van der Waals surface area contributed by atoms with E-state index in [-0.39, 0.29) is 52.4 Å². The Kier molecular flexibility index (Phi) is 10.9. The number of hydrogen-bond donors (Lipinski definition) is 5. The number of sulfone groups is 1. The summed E-state index contributed by atoms with van der Waals surface area (Å²) < 4.78 is 23.4. The van der Waals surface area contributed by atoms with E-state index >= 15 is 0 Å². The lowest BCUT2D eigenvalue weighted by atomic mass is 10.1. The van der Waals surface area contributed by atoms with Gasteiger partial charge in [0.15, 0.2) is 21.6 Å². The highest BCUT2D eigenvalue weighted by atomic mass is 35.5. The molecule has 0 fully saturated rings. The smallest absolute Gasteiger partial charge is 0.328 e. The van der Waals surface area contributed by atoms with Crippen molar-refractivity contribution >= 4 is 56.7 Å². The number of aliphatic carboxylic acids is 1. The second kappa shape index (κ2) is 13.4. The van der Waals surface area contributed by atoms with E-state index in [0.29, 0.717) is 5.56 Å². The maximum atomic E-state index is 13.1. The van der Waals surface area contributed by atoms with Crippen LogP contribution in [0.3, 0.4) is 0 Å². The van der Waals surface area contributed by atoms with Gasteiger partial charge in [-0.3, -0.25) is 20.0 Å². The number of rotatable bonds is 13. The first kappa shape index (κ1) is 30.0. The average Bonchev–Trinajstić information content (AvgIpc) is 2.81. The fraction of sp³-hybridized carbons (Fsp3) is 0.304. The van der Waals surface area contributed by atoms with E-state index in [9.17, 15) is 27.9 Å². The summed E-state index contributed by atoms with van der Waals surface area (Å²) in [5.74, 6) is -2.97.